The molecule has 30 heavy (non-hydrogen) atoms. The Bertz CT molecular complexity index is 1060. The summed E-state index contributed by atoms with van der Waals surface area (Å²) in [6, 6.07) is 14.9. The SMILES string of the molecule is C[C@H](C(=O)c1c[nH]c2ccccc12)N1CCN(CC(=O)Nc2ccccc2Cl)CC1. The minimum absolute atomic E-state index is 0.0838. The smallest absolute Gasteiger partial charge is 0.238 e. The molecule has 0 saturated carbocycles. The van der Waals surface area contributed by atoms with Crippen molar-refractivity contribution in [2.75, 3.05) is 38.0 Å². The number of halogens is 1. The number of benzene rings is 2. The topological polar surface area (TPSA) is 68.4 Å². The number of piperazine rings is 1. The van der Waals surface area contributed by atoms with Gasteiger partial charge in [0.05, 0.1) is 23.3 Å². The van der Waals surface area contributed by atoms with Gasteiger partial charge in [-0.1, -0.05) is 41.9 Å². The number of carbonyl (C=O) groups is 2. The minimum atomic E-state index is -0.205. The molecule has 3 aromatic rings. The number of fused-ring (bicyclic) bond motifs is 1. The lowest BCUT2D eigenvalue weighted by Gasteiger charge is -2.37. The molecule has 0 spiro atoms. The van der Waals surface area contributed by atoms with Gasteiger partial charge in [0.25, 0.3) is 0 Å². The molecule has 0 aliphatic carbocycles. The number of hydrogen-bond donors (Lipinski definition) is 2. The molecule has 1 amide bonds. The zero-order valence-corrected chi connectivity index (χ0v) is 17.7. The van der Waals surface area contributed by atoms with E-state index in [0.29, 0.717) is 17.3 Å². The normalized spacial score (nSPS) is 16.5. The molecule has 1 atom stereocenters. The average Bonchev–Trinajstić information content (AvgIpc) is 3.19. The molecule has 4 rings (SSSR count). The number of amides is 1. The van der Waals surface area contributed by atoms with E-state index in [1.54, 1.807) is 18.3 Å². The Kier molecular flexibility index (Phi) is 6.18. The molecule has 2 aromatic carbocycles. The monoisotopic (exact) mass is 424 g/mol. The van der Waals surface area contributed by atoms with E-state index in [-0.39, 0.29) is 17.7 Å². The molecular formula is C23H25ClN4O2. The largest absolute Gasteiger partial charge is 0.360 e. The molecule has 1 fully saturated rings. The van der Waals surface area contributed by atoms with Gasteiger partial charge >= 0.3 is 0 Å². The number of aromatic nitrogens is 1. The van der Waals surface area contributed by atoms with Crippen LogP contribution in [0.25, 0.3) is 10.9 Å². The van der Waals surface area contributed by atoms with Crippen LogP contribution in [-0.4, -0.2) is 65.2 Å². The van der Waals surface area contributed by atoms with Crippen LogP contribution in [0.1, 0.15) is 17.3 Å². The van der Waals surface area contributed by atoms with Crippen LogP contribution in [-0.2, 0) is 4.79 Å². The summed E-state index contributed by atoms with van der Waals surface area (Å²) in [7, 11) is 0. The lowest BCUT2D eigenvalue weighted by Crippen LogP contribution is -2.52. The summed E-state index contributed by atoms with van der Waals surface area (Å²) in [4.78, 5) is 32.9. The number of nitrogens with one attached hydrogen (secondary N) is 2. The Morgan fingerprint density at radius 3 is 2.53 bits per heavy atom. The number of H-pyrrole nitrogens is 1. The molecular weight excluding hydrogens is 400 g/mol. The molecule has 1 aliphatic rings. The highest BCUT2D eigenvalue weighted by Crippen LogP contribution is 2.22. The molecule has 2 N–H and O–H groups in total. The summed E-state index contributed by atoms with van der Waals surface area (Å²) in [6.45, 7) is 5.24. The second-order valence-electron chi connectivity index (χ2n) is 7.63. The van der Waals surface area contributed by atoms with E-state index in [1.807, 2.05) is 43.3 Å². The van der Waals surface area contributed by atoms with Crippen LogP contribution in [0.3, 0.4) is 0 Å². The lowest BCUT2D eigenvalue weighted by molar-refractivity contribution is -0.117. The standard InChI is InChI=1S/C23H25ClN4O2/c1-16(23(30)18-14-25-20-8-4-2-6-17(18)20)28-12-10-27(11-13-28)15-22(29)26-21-9-5-3-7-19(21)24/h2-9,14,16,25H,10-13,15H2,1H3,(H,26,29)/t16-/m1/s1. The van der Waals surface area contributed by atoms with Crippen LogP contribution in [0.4, 0.5) is 5.69 Å². The van der Waals surface area contributed by atoms with Gasteiger partial charge in [-0.25, -0.2) is 0 Å². The van der Waals surface area contributed by atoms with Crippen molar-refractivity contribution in [1.29, 1.82) is 0 Å². The zero-order chi connectivity index (χ0) is 21.1. The number of anilines is 1. The third-order valence-electron chi connectivity index (χ3n) is 5.70. The summed E-state index contributed by atoms with van der Waals surface area (Å²) in [5, 5.41) is 4.35. The zero-order valence-electron chi connectivity index (χ0n) is 16.9. The van der Waals surface area contributed by atoms with Crippen LogP contribution in [0.5, 0.6) is 0 Å². The lowest BCUT2D eigenvalue weighted by atomic mass is 10.0. The van der Waals surface area contributed by atoms with E-state index in [0.717, 1.165) is 42.6 Å². The van der Waals surface area contributed by atoms with Crippen molar-refractivity contribution < 1.29 is 9.59 Å². The fourth-order valence-corrected chi connectivity index (χ4v) is 4.11. The first-order valence-corrected chi connectivity index (χ1v) is 10.5. The van der Waals surface area contributed by atoms with Crippen molar-refractivity contribution in [1.82, 2.24) is 14.8 Å². The van der Waals surface area contributed by atoms with E-state index in [9.17, 15) is 9.59 Å². The molecule has 0 unspecified atom stereocenters. The number of rotatable bonds is 6. The number of aromatic amines is 1. The number of para-hydroxylation sites is 2. The van der Waals surface area contributed by atoms with Crippen molar-refractivity contribution in [2.24, 2.45) is 0 Å². The third-order valence-corrected chi connectivity index (χ3v) is 6.03. The van der Waals surface area contributed by atoms with Gasteiger partial charge in [0, 0.05) is 48.8 Å². The third kappa shape index (κ3) is 4.41. The van der Waals surface area contributed by atoms with Gasteiger partial charge < -0.3 is 10.3 Å². The van der Waals surface area contributed by atoms with Gasteiger partial charge in [0.15, 0.2) is 5.78 Å². The quantitative estimate of drug-likeness (QED) is 0.593. The van der Waals surface area contributed by atoms with E-state index in [1.165, 1.54) is 0 Å². The van der Waals surface area contributed by atoms with E-state index in [2.05, 4.69) is 20.1 Å². The van der Waals surface area contributed by atoms with E-state index >= 15 is 0 Å². The maximum Gasteiger partial charge on any atom is 0.238 e. The molecule has 6 nitrogen and oxygen atoms in total. The van der Waals surface area contributed by atoms with Crippen molar-refractivity contribution in [3.05, 3.63) is 65.3 Å². The van der Waals surface area contributed by atoms with E-state index in [4.69, 9.17) is 11.6 Å². The van der Waals surface area contributed by atoms with Gasteiger partial charge in [-0.05, 0) is 25.1 Å². The fraction of sp³-hybridized carbons (Fsp3) is 0.304. The number of hydrogen-bond acceptors (Lipinski definition) is 4. The first-order chi connectivity index (χ1) is 14.5. The summed E-state index contributed by atoms with van der Waals surface area (Å²) in [5.41, 5.74) is 2.34. The highest BCUT2D eigenvalue weighted by atomic mass is 35.5. The highest BCUT2D eigenvalue weighted by molar-refractivity contribution is 6.33. The molecule has 1 saturated heterocycles. The highest BCUT2D eigenvalue weighted by Gasteiger charge is 2.28. The molecule has 0 radical (unpaired) electrons. The van der Waals surface area contributed by atoms with Crippen LogP contribution in [0.2, 0.25) is 5.02 Å². The molecule has 1 aromatic heterocycles. The van der Waals surface area contributed by atoms with Crippen molar-refractivity contribution >= 4 is 39.9 Å². The fourth-order valence-electron chi connectivity index (χ4n) is 3.93. The first-order valence-electron chi connectivity index (χ1n) is 10.1. The maximum absolute atomic E-state index is 13.1. The predicted molar refractivity (Wildman–Crippen MR) is 120 cm³/mol. The number of nitrogens with zero attached hydrogens (tertiary/aromatic N) is 2. The Hall–Kier alpha value is -2.67. The van der Waals surface area contributed by atoms with Crippen LogP contribution < -0.4 is 5.32 Å². The van der Waals surface area contributed by atoms with Crippen LogP contribution in [0, 0.1) is 0 Å². The number of carbonyl (C=O) groups excluding carboxylic acids is 2. The van der Waals surface area contributed by atoms with Crippen molar-refractivity contribution in [3.63, 3.8) is 0 Å². The average molecular weight is 425 g/mol. The summed E-state index contributed by atoms with van der Waals surface area (Å²) >= 11 is 6.10. The molecule has 2 heterocycles. The Morgan fingerprint density at radius 1 is 1.07 bits per heavy atom. The van der Waals surface area contributed by atoms with Gasteiger partial charge in [-0.3, -0.25) is 19.4 Å². The van der Waals surface area contributed by atoms with Crippen LogP contribution >= 0.6 is 11.6 Å². The minimum Gasteiger partial charge on any atom is -0.360 e. The van der Waals surface area contributed by atoms with Gasteiger partial charge in [-0.2, -0.15) is 0 Å². The van der Waals surface area contributed by atoms with E-state index < -0.39 is 0 Å². The van der Waals surface area contributed by atoms with Crippen molar-refractivity contribution in [3.8, 4) is 0 Å². The Labute approximate surface area is 180 Å². The van der Waals surface area contributed by atoms with Gasteiger partial charge in [0.1, 0.15) is 0 Å². The second-order valence-corrected chi connectivity index (χ2v) is 8.04. The molecule has 156 valence electrons. The summed E-state index contributed by atoms with van der Waals surface area (Å²) in [5.74, 6) is 0.0387. The van der Waals surface area contributed by atoms with Gasteiger partial charge in [0.2, 0.25) is 5.91 Å². The van der Waals surface area contributed by atoms with Gasteiger partial charge in [-0.15, -0.1) is 0 Å². The number of Topliss-reactive ketones (excluding diaryl/α,β-unsaturated/α-hetero) is 1. The molecule has 0 bridgehead atoms. The number of ketones is 1. The summed E-state index contributed by atoms with van der Waals surface area (Å²) in [6.07, 6.45) is 1.80. The maximum atomic E-state index is 13.1. The molecule has 7 heteroatoms. The van der Waals surface area contributed by atoms with Crippen molar-refractivity contribution in [2.45, 2.75) is 13.0 Å². The Morgan fingerprint density at radius 2 is 1.77 bits per heavy atom. The first kappa shape index (κ1) is 20.6. The Balaban J connectivity index is 1.31. The molecule has 1 aliphatic heterocycles. The second kappa shape index (κ2) is 9.00. The predicted octanol–water partition coefficient (Wildman–Crippen LogP) is 3.65. The summed E-state index contributed by atoms with van der Waals surface area (Å²) < 4.78 is 0. The van der Waals surface area contributed by atoms with Crippen LogP contribution in [0.15, 0.2) is 54.7 Å².